The summed E-state index contributed by atoms with van der Waals surface area (Å²) < 4.78 is 0. The van der Waals surface area contributed by atoms with Crippen molar-refractivity contribution in [3.63, 3.8) is 0 Å². The largest absolute Gasteiger partial charge is 0.313 e. The lowest BCUT2D eigenvalue weighted by Gasteiger charge is -2.12. The van der Waals surface area contributed by atoms with Crippen LogP contribution in [0.4, 0.5) is 0 Å². The lowest BCUT2D eigenvalue weighted by Crippen LogP contribution is -2.14. The monoisotopic (exact) mass is 293 g/mol. The smallest absolute Gasteiger partial charge is 0.0484 e. The molecule has 1 nitrogen and oxygen atoms in total. The summed E-state index contributed by atoms with van der Waals surface area (Å²) in [4.78, 5) is 0. The van der Waals surface area contributed by atoms with Gasteiger partial charge in [0.15, 0.2) is 0 Å². The van der Waals surface area contributed by atoms with Crippen molar-refractivity contribution in [2.45, 2.75) is 19.9 Å². The van der Waals surface area contributed by atoms with E-state index in [4.69, 9.17) is 23.2 Å². The van der Waals surface area contributed by atoms with Gasteiger partial charge >= 0.3 is 0 Å². The van der Waals surface area contributed by atoms with Gasteiger partial charge < -0.3 is 5.32 Å². The molecule has 0 aliphatic heterocycles. The predicted molar refractivity (Wildman–Crippen MR) is 83.9 cm³/mol. The molecule has 0 spiro atoms. The van der Waals surface area contributed by atoms with Crippen LogP contribution in [-0.2, 0) is 6.54 Å². The highest BCUT2D eigenvalue weighted by molar-refractivity contribution is 6.33. The first kappa shape index (κ1) is 14.4. The summed E-state index contributed by atoms with van der Waals surface area (Å²) >= 11 is 12.4. The van der Waals surface area contributed by atoms with Crippen LogP contribution in [0.5, 0.6) is 0 Å². The highest BCUT2D eigenvalue weighted by atomic mass is 35.5. The molecule has 0 aliphatic rings. The molecule has 19 heavy (non-hydrogen) atoms. The van der Waals surface area contributed by atoms with Crippen molar-refractivity contribution in [2.24, 2.45) is 0 Å². The van der Waals surface area contributed by atoms with Crippen molar-refractivity contribution in [1.82, 2.24) is 5.32 Å². The van der Waals surface area contributed by atoms with Gasteiger partial charge in [-0.25, -0.2) is 0 Å². The van der Waals surface area contributed by atoms with Crippen LogP contribution in [0.15, 0.2) is 42.5 Å². The van der Waals surface area contributed by atoms with Crippen molar-refractivity contribution >= 4 is 23.2 Å². The van der Waals surface area contributed by atoms with Crippen LogP contribution in [0.3, 0.4) is 0 Å². The van der Waals surface area contributed by atoms with Gasteiger partial charge in [0.2, 0.25) is 0 Å². The van der Waals surface area contributed by atoms with E-state index in [0.717, 1.165) is 40.7 Å². The van der Waals surface area contributed by atoms with Gasteiger partial charge in [0.25, 0.3) is 0 Å². The summed E-state index contributed by atoms with van der Waals surface area (Å²) in [6.07, 6.45) is 1.11. The summed E-state index contributed by atoms with van der Waals surface area (Å²) in [5.74, 6) is 0. The Morgan fingerprint density at radius 2 is 1.79 bits per heavy atom. The minimum atomic E-state index is 0.754. The maximum absolute atomic E-state index is 6.28. The van der Waals surface area contributed by atoms with Crippen LogP contribution in [-0.4, -0.2) is 6.54 Å². The quantitative estimate of drug-likeness (QED) is 0.751. The van der Waals surface area contributed by atoms with Crippen LogP contribution in [0.25, 0.3) is 11.1 Å². The Hall–Kier alpha value is -1.02. The summed E-state index contributed by atoms with van der Waals surface area (Å²) in [5, 5.41) is 4.93. The van der Waals surface area contributed by atoms with E-state index in [1.807, 2.05) is 42.5 Å². The van der Waals surface area contributed by atoms with Crippen LogP contribution in [0.2, 0.25) is 10.0 Å². The molecule has 0 saturated carbocycles. The average molecular weight is 294 g/mol. The van der Waals surface area contributed by atoms with Gasteiger partial charge in [-0.2, -0.15) is 0 Å². The minimum absolute atomic E-state index is 0.754. The molecule has 0 bridgehead atoms. The summed E-state index contributed by atoms with van der Waals surface area (Å²) in [7, 11) is 0. The summed E-state index contributed by atoms with van der Waals surface area (Å²) in [6.45, 7) is 3.95. The number of hydrogen-bond acceptors (Lipinski definition) is 1. The fraction of sp³-hybridized carbons (Fsp3) is 0.250. The lowest BCUT2D eigenvalue weighted by molar-refractivity contribution is 0.676. The van der Waals surface area contributed by atoms with Crippen LogP contribution in [0.1, 0.15) is 18.9 Å². The highest BCUT2D eigenvalue weighted by Crippen LogP contribution is 2.31. The van der Waals surface area contributed by atoms with E-state index in [1.165, 1.54) is 5.56 Å². The molecule has 1 N–H and O–H groups in total. The van der Waals surface area contributed by atoms with Crippen molar-refractivity contribution in [2.75, 3.05) is 6.54 Å². The molecule has 0 unspecified atom stereocenters. The van der Waals surface area contributed by atoms with Gasteiger partial charge in [-0.1, -0.05) is 54.4 Å². The third kappa shape index (κ3) is 3.73. The zero-order valence-corrected chi connectivity index (χ0v) is 12.4. The number of rotatable bonds is 5. The Labute approximate surface area is 124 Å². The zero-order chi connectivity index (χ0) is 13.7. The Balaban J connectivity index is 2.36. The average Bonchev–Trinajstić information content (AvgIpc) is 2.40. The molecular formula is C16H17Cl2N. The van der Waals surface area contributed by atoms with Crippen LogP contribution < -0.4 is 5.32 Å². The highest BCUT2D eigenvalue weighted by Gasteiger charge is 2.08. The molecule has 0 radical (unpaired) electrons. The lowest BCUT2D eigenvalue weighted by atomic mass is 9.99. The zero-order valence-electron chi connectivity index (χ0n) is 10.9. The first-order valence-corrected chi connectivity index (χ1v) is 7.22. The van der Waals surface area contributed by atoms with Crippen LogP contribution >= 0.6 is 23.2 Å². The maximum Gasteiger partial charge on any atom is 0.0484 e. The number of benzene rings is 2. The molecule has 0 heterocycles. The SMILES string of the molecule is CCCNCc1cc(Cl)ccc1-c1ccccc1Cl. The molecule has 2 aromatic rings. The fourth-order valence-corrected chi connectivity index (χ4v) is 2.48. The summed E-state index contributed by atoms with van der Waals surface area (Å²) in [5.41, 5.74) is 3.36. The van der Waals surface area contributed by atoms with E-state index in [9.17, 15) is 0 Å². The van der Waals surface area contributed by atoms with Crippen molar-refractivity contribution in [3.8, 4) is 11.1 Å². The van der Waals surface area contributed by atoms with E-state index < -0.39 is 0 Å². The van der Waals surface area contributed by atoms with E-state index in [1.54, 1.807) is 0 Å². The number of nitrogens with one attached hydrogen (secondary N) is 1. The Morgan fingerprint density at radius 3 is 2.53 bits per heavy atom. The topological polar surface area (TPSA) is 12.0 Å². The van der Waals surface area contributed by atoms with Gasteiger partial charge in [0.05, 0.1) is 0 Å². The van der Waals surface area contributed by atoms with Gasteiger partial charge in [-0.05, 0) is 42.3 Å². The third-order valence-electron chi connectivity index (χ3n) is 2.97. The van der Waals surface area contributed by atoms with E-state index in [2.05, 4.69) is 12.2 Å². The first-order valence-electron chi connectivity index (χ1n) is 6.46. The van der Waals surface area contributed by atoms with Crippen LogP contribution in [0, 0.1) is 0 Å². The first-order chi connectivity index (χ1) is 9.22. The summed E-state index contributed by atoms with van der Waals surface area (Å²) in [6, 6.07) is 13.8. The Kier molecular flexibility index (Phi) is 5.26. The second-order valence-corrected chi connectivity index (χ2v) is 5.30. The minimum Gasteiger partial charge on any atom is -0.313 e. The van der Waals surface area contributed by atoms with Crippen molar-refractivity contribution < 1.29 is 0 Å². The van der Waals surface area contributed by atoms with Gasteiger partial charge in [-0.15, -0.1) is 0 Å². The molecule has 0 aliphatic carbocycles. The maximum atomic E-state index is 6.28. The van der Waals surface area contributed by atoms with Crippen molar-refractivity contribution in [3.05, 3.63) is 58.1 Å². The molecular weight excluding hydrogens is 277 g/mol. The molecule has 0 amide bonds. The van der Waals surface area contributed by atoms with Gasteiger partial charge in [0.1, 0.15) is 0 Å². The van der Waals surface area contributed by atoms with Crippen molar-refractivity contribution in [1.29, 1.82) is 0 Å². The molecule has 0 saturated heterocycles. The molecule has 100 valence electrons. The fourth-order valence-electron chi connectivity index (χ4n) is 2.05. The third-order valence-corrected chi connectivity index (χ3v) is 3.54. The molecule has 0 aromatic heterocycles. The molecule has 3 heteroatoms. The molecule has 0 atom stereocenters. The normalized spacial score (nSPS) is 10.7. The van der Waals surface area contributed by atoms with Gasteiger partial charge in [0, 0.05) is 22.2 Å². The van der Waals surface area contributed by atoms with E-state index >= 15 is 0 Å². The van der Waals surface area contributed by atoms with E-state index in [-0.39, 0.29) is 0 Å². The second-order valence-electron chi connectivity index (χ2n) is 4.46. The van der Waals surface area contributed by atoms with Gasteiger partial charge in [-0.3, -0.25) is 0 Å². The molecule has 2 aromatic carbocycles. The number of hydrogen-bond donors (Lipinski definition) is 1. The molecule has 2 rings (SSSR count). The number of halogens is 2. The standard InChI is InChI=1S/C16H17Cl2N/c1-2-9-19-11-12-10-13(17)7-8-14(12)15-5-3-4-6-16(15)18/h3-8,10,19H,2,9,11H2,1H3. The Bertz CT molecular complexity index is 552. The van der Waals surface area contributed by atoms with E-state index in [0.29, 0.717) is 0 Å². The second kappa shape index (κ2) is 6.95. The Morgan fingerprint density at radius 1 is 1.00 bits per heavy atom. The predicted octanol–water partition coefficient (Wildman–Crippen LogP) is 5.16. The molecule has 0 fully saturated rings.